The van der Waals surface area contributed by atoms with E-state index in [9.17, 15) is 15.0 Å². The molecule has 2 N–H and O–H groups in total. The lowest BCUT2D eigenvalue weighted by atomic mass is 9.49. The molecule has 0 aromatic heterocycles. The SMILES string of the molecule is CC[C@]12C[C@H](c3ccc(SC)cc3)C3=C4CCC(=O)C=C4CC[C@H]3[C@@H]1CC[C@@]2(O)C=CCO. The van der Waals surface area contributed by atoms with E-state index in [4.69, 9.17) is 0 Å². The van der Waals surface area contributed by atoms with E-state index in [1.807, 2.05) is 12.2 Å². The number of rotatable bonds is 5. The Morgan fingerprint density at radius 2 is 1.94 bits per heavy atom. The molecule has 0 unspecified atom stereocenters. The fourth-order valence-electron chi connectivity index (χ4n) is 7.85. The number of benzene rings is 1. The molecule has 0 bridgehead atoms. The van der Waals surface area contributed by atoms with Crippen LogP contribution >= 0.6 is 11.8 Å². The van der Waals surface area contributed by atoms with Crippen LogP contribution in [0.15, 0.2) is 64.1 Å². The largest absolute Gasteiger partial charge is 0.392 e. The van der Waals surface area contributed by atoms with Gasteiger partial charge in [-0.1, -0.05) is 36.8 Å². The number of aliphatic hydroxyl groups is 2. The van der Waals surface area contributed by atoms with Crippen molar-refractivity contribution in [2.75, 3.05) is 12.9 Å². The summed E-state index contributed by atoms with van der Waals surface area (Å²) in [6, 6.07) is 9.02. The lowest BCUT2D eigenvalue weighted by Gasteiger charge is -2.55. The molecule has 176 valence electrons. The van der Waals surface area contributed by atoms with Crippen LogP contribution in [-0.2, 0) is 4.79 Å². The van der Waals surface area contributed by atoms with Crippen molar-refractivity contribution < 1.29 is 15.0 Å². The average molecular weight is 465 g/mol. The minimum Gasteiger partial charge on any atom is -0.392 e. The van der Waals surface area contributed by atoms with Gasteiger partial charge in [-0.15, -0.1) is 11.8 Å². The van der Waals surface area contributed by atoms with Gasteiger partial charge in [0.2, 0.25) is 0 Å². The van der Waals surface area contributed by atoms with E-state index < -0.39 is 5.60 Å². The Morgan fingerprint density at radius 1 is 1.15 bits per heavy atom. The fraction of sp³-hybridized carbons (Fsp3) is 0.552. The highest BCUT2D eigenvalue weighted by molar-refractivity contribution is 7.98. The number of thioether (sulfide) groups is 1. The van der Waals surface area contributed by atoms with Crippen LogP contribution in [0, 0.1) is 17.3 Å². The molecule has 0 heterocycles. The standard InChI is InChI=1S/C29H36O3S/c1-3-28-18-25(19-5-9-22(33-2)10-6-19)27-23-12-8-21(31)17-20(23)7-11-24(27)26(28)13-15-29(28,32)14-4-16-30/h4-6,9-10,14,17,24-26,30,32H,3,7-8,11-13,15-16,18H2,1-2H3/t24-,25+,26-,28-,29-/m0/s1. The number of carbonyl (C=O) groups is 1. The van der Waals surface area contributed by atoms with Gasteiger partial charge in [0.15, 0.2) is 5.78 Å². The summed E-state index contributed by atoms with van der Waals surface area (Å²) < 4.78 is 0. The molecule has 1 aromatic carbocycles. The Kier molecular flexibility index (Phi) is 6.22. The number of aliphatic hydroxyl groups excluding tert-OH is 1. The van der Waals surface area contributed by atoms with Crippen LogP contribution < -0.4 is 0 Å². The highest BCUT2D eigenvalue weighted by Gasteiger charge is 2.63. The lowest BCUT2D eigenvalue weighted by Crippen LogP contribution is -2.52. The first-order chi connectivity index (χ1) is 16.0. The Morgan fingerprint density at radius 3 is 2.64 bits per heavy atom. The predicted molar refractivity (Wildman–Crippen MR) is 134 cm³/mol. The zero-order valence-corrected chi connectivity index (χ0v) is 20.7. The van der Waals surface area contributed by atoms with Gasteiger partial charge >= 0.3 is 0 Å². The molecule has 0 radical (unpaired) electrons. The van der Waals surface area contributed by atoms with E-state index in [0.29, 0.717) is 18.3 Å². The van der Waals surface area contributed by atoms with Gasteiger partial charge in [-0.25, -0.2) is 0 Å². The second kappa shape index (κ2) is 8.87. The first kappa shape index (κ1) is 23.1. The van der Waals surface area contributed by atoms with Gasteiger partial charge in [-0.2, -0.15) is 0 Å². The normalized spacial score (nSPS) is 35.9. The van der Waals surface area contributed by atoms with Crippen LogP contribution in [0.4, 0.5) is 0 Å². The molecule has 4 aliphatic rings. The van der Waals surface area contributed by atoms with E-state index >= 15 is 0 Å². The zero-order chi connectivity index (χ0) is 23.2. The van der Waals surface area contributed by atoms with E-state index in [0.717, 1.165) is 44.9 Å². The quantitative estimate of drug-likeness (QED) is 0.416. The minimum atomic E-state index is -0.874. The highest BCUT2D eigenvalue weighted by Crippen LogP contribution is 2.68. The van der Waals surface area contributed by atoms with Crippen LogP contribution in [0.25, 0.3) is 0 Å². The summed E-state index contributed by atoms with van der Waals surface area (Å²) in [7, 11) is 0. The third-order valence-corrected chi connectivity index (χ3v) is 10.0. The zero-order valence-electron chi connectivity index (χ0n) is 19.8. The molecule has 0 spiro atoms. The molecule has 0 aliphatic heterocycles. The molecular formula is C29H36O3S. The van der Waals surface area contributed by atoms with Crippen LogP contribution in [-0.4, -0.2) is 34.5 Å². The Labute approximate surface area is 202 Å². The molecule has 1 aromatic rings. The average Bonchev–Trinajstić information content (AvgIpc) is 3.14. The first-order valence-corrected chi connectivity index (χ1v) is 13.8. The smallest absolute Gasteiger partial charge is 0.156 e. The molecule has 0 amide bonds. The van der Waals surface area contributed by atoms with E-state index in [1.165, 1.54) is 21.6 Å². The summed E-state index contributed by atoms with van der Waals surface area (Å²) in [5, 5.41) is 21.5. The first-order valence-electron chi connectivity index (χ1n) is 12.6. The Balaban J connectivity index is 1.68. The predicted octanol–water partition coefficient (Wildman–Crippen LogP) is 5.98. The summed E-state index contributed by atoms with van der Waals surface area (Å²) >= 11 is 1.76. The van der Waals surface area contributed by atoms with Gasteiger partial charge in [0.25, 0.3) is 0 Å². The van der Waals surface area contributed by atoms with Crippen LogP contribution in [0.3, 0.4) is 0 Å². The molecule has 4 aliphatic carbocycles. The molecule has 3 nitrogen and oxygen atoms in total. The van der Waals surface area contributed by atoms with Crippen molar-refractivity contribution in [2.45, 2.75) is 74.7 Å². The number of hydrogen-bond acceptors (Lipinski definition) is 4. The molecule has 33 heavy (non-hydrogen) atoms. The maximum atomic E-state index is 12.2. The van der Waals surface area contributed by atoms with Crippen LogP contribution in [0.5, 0.6) is 0 Å². The summed E-state index contributed by atoms with van der Waals surface area (Å²) in [5.41, 5.74) is 4.58. The van der Waals surface area contributed by atoms with Gasteiger partial charge < -0.3 is 10.2 Å². The summed E-state index contributed by atoms with van der Waals surface area (Å²) in [6.45, 7) is 2.21. The molecular weight excluding hydrogens is 428 g/mol. The Hall–Kier alpha value is -1.62. The summed E-state index contributed by atoms with van der Waals surface area (Å²) in [5.74, 6) is 1.44. The number of carbonyl (C=O) groups excluding carboxylic acids is 1. The Bertz CT molecular complexity index is 1020. The van der Waals surface area contributed by atoms with Crippen molar-refractivity contribution in [2.24, 2.45) is 17.3 Å². The molecule has 2 saturated carbocycles. The van der Waals surface area contributed by atoms with Gasteiger partial charge in [0.1, 0.15) is 0 Å². The summed E-state index contributed by atoms with van der Waals surface area (Å²) in [6.07, 6.45) is 14.9. The third-order valence-electron chi connectivity index (χ3n) is 9.30. The number of fused-ring (bicyclic) bond motifs is 4. The summed E-state index contributed by atoms with van der Waals surface area (Å²) in [4.78, 5) is 13.5. The second-order valence-corrected chi connectivity index (χ2v) is 11.3. The lowest BCUT2D eigenvalue weighted by molar-refractivity contribution is -0.114. The van der Waals surface area contributed by atoms with Gasteiger partial charge in [0.05, 0.1) is 12.2 Å². The number of ketones is 1. The topological polar surface area (TPSA) is 57.5 Å². The van der Waals surface area contributed by atoms with Crippen molar-refractivity contribution in [3.8, 4) is 0 Å². The van der Waals surface area contributed by atoms with Crippen molar-refractivity contribution in [3.05, 3.63) is 64.8 Å². The maximum Gasteiger partial charge on any atom is 0.156 e. The molecule has 0 saturated heterocycles. The van der Waals surface area contributed by atoms with Crippen LogP contribution in [0.1, 0.15) is 69.8 Å². The van der Waals surface area contributed by atoms with Gasteiger partial charge in [-0.3, -0.25) is 4.79 Å². The number of allylic oxidation sites excluding steroid dienone is 4. The van der Waals surface area contributed by atoms with Crippen molar-refractivity contribution in [3.63, 3.8) is 0 Å². The molecule has 5 rings (SSSR count). The van der Waals surface area contributed by atoms with Crippen molar-refractivity contribution in [1.82, 2.24) is 0 Å². The van der Waals surface area contributed by atoms with E-state index in [1.54, 1.807) is 23.4 Å². The maximum absolute atomic E-state index is 12.2. The molecule has 2 fully saturated rings. The fourth-order valence-corrected chi connectivity index (χ4v) is 8.25. The van der Waals surface area contributed by atoms with Crippen molar-refractivity contribution >= 4 is 17.5 Å². The minimum absolute atomic E-state index is 0.0345. The van der Waals surface area contributed by atoms with E-state index in [-0.39, 0.29) is 23.7 Å². The van der Waals surface area contributed by atoms with Crippen molar-refractivity contribution in [1.29, 1.82) is 0 Å². The van der Waals surface area contributed by atoms with Gasteiger partial charge in [0, 0.05) is 22.6 Å². The molecule has 4 heteroatoms. The third kappa shape index (κ3) is 3.61. The van der Waals surface area contributed by atoms with E-state index in [2.05, 4.69) is 37.4 Å². The number of hydrogen-bond donors (Lipinski definition) is 2. The van der Waals surface area contributed by atoms with Crippen LogP contribution in [0.2, 0.25) is 0 Å². The monoisotopic (exact) mass is 464 g/mol. The molecule has 5 atom stereocenters. The highest BCUT2D eigenvalue weighted by atomic mass is 32.2. The second-order valence-electron chi connectivity index (χ2n) is 10.4. The van der Waals surface area contributed by atoms with Gasteiger partial charge in [-0.05, 0) is 98.0 Å².